The molecule has 2 aromatic carbocycles. The van der Waals surface area contributed by atoms with Gasteiger partial charge in [0, 0.05) is 47.7 Å². The van der Waals surface area contributed by atoms with E-state index in [1.165, 1.54) is 11.0 Å². The van der Waals surface area contributed by atoms with Gasteiger partial charge in [-0.15, -0.1) is 0 Å². The number of aliphatic carboxylic acids is 1. The molecule has 13 heteroatoms. The lowest BCUT2D eigenvalue weighted by Crippen LogP contribution is -2.39. The summed E-state index contributed by atoms with van der Waals surface area (Å²) in [7, 11) is 0. The number of rotatable bonds is 6. The first-order chi connectivity index (χ1) is 18.8. The molecular formula is C27H26F6N2O4S. The molecule has 2 saturated heterocycles. The van der Waals surface area contributed by atoms with Crippen LogP contribution in [0.4, 0.5) is 32.0 Å². The standard InChI is InChI=1S/C27H26F6N2O4S/c28-26(29,30)23-17(5-7-22(36)35-12-14-39-15-13-35)4-6-21(24(23)27(31,32)33)40-20-3-1-2-19(16-20)34-10-8-18(9-11-34)25(37)38/h1-7,16,18H,8-15H2,(H,37,38). The van der Waals surface area contributed by atoms with Crippen molar-refractivity contribution in [2.45, 2.75) is 35.0 Å². The monoisotopic (exact) mass is 588 g/mol. The summed E-state index contributed by atoms with van der Waals surface area (Å²) in [5, 5.41) is 9.19. The number of benzene rings is 2. The Bertz CT molecular complexity index is 1270. The predicted octanol–water partition coefficient (Wildman–Crippen LogP) is 6.05. The highest BCUT2D eigenvalue weighted by atomic mass is 32.2. The van der Waals surface area contributed by atoms with Crippen molar-refractivity contribution in [2.24, 2.45) is 5.92 Å². The molecule has 0 radical (unpaired) electrons. The second kappa shape index (κ2) is 12.1. The number of hydrogen-bond donors (Lipinski definition) is 1. The Labute approximate surface area is 230 Å². The topological polar surface area (TPSA) is 70.1 Å². The number of carboxylic acids is 1. The number of alkyl halides is 6. The van der Waals surface area contributed by atoms with Gasteiger partial charge in [-0.2, -0.15) is 26.3 Å². The molecule has 2 fully saturated rings. The summed E-state index contributed by atoms with van der Waals surface area (Å²) in [5.74, 6) is -1.97. The van der Waals surface area contributed by atoms with E-state index in [-0.39, 0.29) is 26.3 Å². The molecular weight excluding hydrogens is 562 g/mol. The molecule has 0 aliphatic carbocycles. The minimum Gasteiger partial charge on any atom is -0.481 e. The molecule has 1 N–H and O–H groups in total. The Morgan fingerprint density at radius 3 is 2.17 bits per heavy atom. The van der Waals surface area contributed by atoms with Crippen LogP contribution in [0.3, 0.4) is 0 Å². The third kappa shape index (κ3) is 7.11. The first-order valence-corrected chi connectivity index (χ1v) is 13.3. The van der Waals surface area contributed by atoms with Gasteiger partial charge in [0.25, 0.3) is 0 Å². The Morgan fingerprint density at radius 2 is 1.57 bits per heavy atom. The van der Waals surface area contributed by atoms with Crippen LogP contribution in [-0.4, -0.2) is 61.3 Å². The SMILES string of the molecule is O=C(O)C1CCN(c2cccc(Sc3ccc(C=CC(=O)N4CCOCC4)c(C(F)(F)F)c3C(F)(F)F)c2)CC1. The summed E-state index contributed by atoms with van der Waals surface area (Å²) in [6.45, 7) is 1.85. The van der Waals surface area contributed by atoms with Crippen LogP contribution < -0.4 is 4.90 Å². The molecule has 0 aromatic heterocycles. The average Bonchev–Trinajstić information content (AvgIpc) is 2.91. The summed E-state index contributed by atoms with van der Waals surface area (Å²) >= 11 is 0.557. The van der Waals surface area contributed by atoms with Gasteiger partial charge >= 0.3 is 18.3 Å². The Kier molecular flexibility index (Phi) is 9.03. The lowest BCUT2D eigenvalue weighted by atomic mass is 9.97. The highest BCUT2D eigenvalue weighted by molar-refractivity contribution is 7.99. The van der Waals surface area contributed by atoms with Crippen LogP contribution in [0.5, 0.6) is 0 Å². The van der Waals surface area contributed by atoms with E-state index in [2.05, 4.69) is 0 Å². The Hall–Kier alpha value is -3.19. The second-order valence-corrected chi connectivity index (χ2v) is 10.5. The number of carboxylic acid groups (broad SMARTS) is 1. The lowest BCUT2D eigenvalue weighted by Gasteiger charge is -2.32. The molecule has 4 rings (SSSR count). The van der Waals surface area contributed by atoms with E-state index >= 15 is 0 Å². The van der Waals surface area contributed by atoms with Gasteiger partial charge in [0.1, 0.15) is 0 Å². The maximum atomic E-state index is 14.2. The number of amides is 1. The largest absolute Gasteiger partial charge is 0.481 e. The summed E-state index contributed by atoms with van der Waals surface area (Å²) in [6, 6.07) is 8.30. The molecule has 2 aromatic rings. The third-order valence-corrected chi connectivity index (χ3v) is 7.80. The fourth-order valence-electron chi connectivity index (χ4n) is 4.72. The van der Waals surface area contributed by atoms with Crippen molar-refractivity contribution in [1.29, 1.82) is 0 Å². The smallest absolute Gasteiger partial charge is 0.418 e. The number of morpholine rings is 1. The van der Waals surface area contributed by atoms with Crippen molar-refractivity contribution >= 4 is 35.4 Å². The van der Waals surface area contributed by atoms with Crippen LogP contribution >= 0.6 is 11.8 Å². The molecule has 0 spiro atoms. The predicted molar refractivity (Wildman–Crippen MR) is 136 cm³/mol. The molecule has 0 atom stereocenters. The zero-order chi connectivity index (χ0) is 29.1. The summed E-state index contributed by atoms with van der Waals surface area (Å²) < 4.78 is 90.1. The molecule has 6 nitrogen and oxygen atoms in total. The third-order valence-electron chi connectivity index (χ3n) is 6.75. The second-order valence-electron chi connectivity index (χ2n) is 9.37. The van der Waals surface area contributed by atoms with E-state index in [4.69, 9.17) is 4.74 Å². The first-order valence-electron chi connectivity index (χ1n) is 12.5. The van der Waals surface area contributed by atoms with Crippen LogP contribution in [0.1, 0.15) is 29.5 Å². The normalized spacial score (nSPS) is 17.4. The maximum absolute atomic E-state index is 14.2. The Morgan fingerprint density at radius 1 is 0.925 bits per heavy atom. The van der Waals surface area contributed by atoms with Crippen molar-refractivity contribution in [1.82, 2.24) is 4.90 Å². The fraction of sp³-hybridized carbons (Fsp3) is 0.407. The van der Waals surface area contributed by atoms with Crippen LogP contribution in [0.25, 0.3) is 6.08 Å². The van der Waals surface area contributed by atoms with Gasteiger partial charge in [-0.05, 0) is 48.7 Å². The minimum atomic E-state index is -5.35. The molecule has 40 heavy (non-hydrogen) atoms. The van der Waals surface area contributed by atoms with E-state index in [9.17, 15) is 41.0 Å². The number of halogens is 6. The van der Waals surface area contributed by atoms with Crippen molar-refractivity contribution in [3.05, 3.63) is 59.2 Å². The minimum absolute atomic E-state index is 0.231. The number of nitrogens with zero attached hydrogens (tertiary/aromatic N) is 2. The van der Waals surface area contributed by atoms with Gasteiger partial charge < -0.3 is 19.6 Å². The zero-order valence-electron chi connectivity index (χ0n) is 21.1. The van der Waals surface area contributed by atoms with Crippen LogP contribution in [-0.2, 0) is 26.7 Å². The first kappa shape index (κ1) is 29.8. The average molecular weight is 589 g/mol. The van der Waals surface area contributed by atoms with Crippen LogP contribution in [0, 0.1) is 5.92 Å². The zero-order valence-corrected chi connectivity index (χ0v) is 21.9. The van der Waals surface area contributed by atoms with E-state index in [0.29, 0.717) is 48.3 Å². The molecule has 0 bridgehead atoms. The molecule has 2 heterocycles. The number of anilines is 1. The molecule has 1 amide bonds. The van der Waals surface area contributed by atoms with Crippen molar-refractivity contribution in [2.75, 3.05) is 44.3 Å². The summed E-state index contributed by atoms with van der Waals surface area (Å²) in [4.78, 5) is 26.5. The molecule has 0 unspecified atom stereocenters. The molecule has 0 saturated carbocycles. The van der Waals surface area contributed by atoms with Gasteiger partial charge in [-0.1, -0.05) is 23.9 Å². The quantitative estimate of drug-likeness (QED) is 0.328. The van der Waals surface area contributed by atoms with E-state index < -0.39 is 51.7 Å². The maximum Gasteiger partial charge on any atom is 0.418 e. The number of ether oxygens (including phenoxy) is 1. The van der Waals surface area contributed by atoms with Gasteiger partial charge in [0.05, 0.1) is 30.3 Å². The molecule has 216 valence electrons. The lowest BCUT2D eigenvalue weighted by molar-refractivity contribution is -0.163. The van der Waals surface area contributed by atoms with Gasteiger partial charge in [0.15, 0.2) is 0 Å². The molecule has 2 aliphatic rings. The van der Waals surface area contributed by atoms with E-state index in [0.717, 1.165) is 24.3 Å². The van der Waals surface area contributed by atoms with Gasteiger partial charge in [-0.3, -0.25) is 9.59 Å². The fourth-order valence-corrected chi connectivity index (χ4v) is 5.75. The summed E-state index contributed by atoms with van der Waals surface area (Å²) in [6.07, 6.45) is -8.25. The number of carbonyl (C=O) groups is 2. The van der Waals surface area contributed by atoms with Crippen molar-refractivity contribution in [3.63, 3.8) is 0 Å². The van der Waals surface area contributed by atoms with Crippen LogP contribution in [0.2, 0.25) is 0 Å². The van der Waals surface area contributed by atoms with Gasteiger partial charge in [-0.25, -0.2) is 0 Å². The van der Waals surface area contributed by atoms with Gasteiger partial charge in [0.2, 0.25) is 5.91 Å². The molecule has 2 aliphatic heterocycles. The van der Waals surface area contributed by atoms with Crippen LogP contribution in [0.15, 0.2) is 52.3 Å². The Balaban J connectivity index is 1.65. The van der Waals surface area contributed by atoms with Crippen molar-refractivity contribution < 1.29 is 45.8 Å². The van der Waals surface area contributed by atoms with E-state index in [1.54, 1.807) is 18.2 Å². The van der Waals surface area contributed by atoms with E-state index in [1.807, 2.05) is 4.90 Å². The summed E-state index contributed by atoms with van der Waals surface area (Å²) in [5.41, 5.74) is -3.80. The number of hydrogen-bond acceptors (Lipinski definition) is 5. The number of piperidine rings is 1. The van der Waals surface area contributed by atoms with Crippen molar-refractivity contribution in [3.8, 4) is 0 Å². The number of carbonyl (C=O) groups excluding carboxylic acids is 1. The highest BCUT2D eigenvalue weighted by Gasteiger charge is 2.46. The highest BCUT2D eigenvalue weighted by Crippen LogP contribution is 2.48.